The molecule has 0 aliphatic rings. The van der Waals surface area contributed by atoms with Crippen LogP contribution >= 0.6 is 0 Å². The van der Waals surface area contributed by atoms with Gasteiger partial charge < -0.3 is 4.98 Å². The number of rotatable bonds is 4. The molecule has 6 nitrogen and oxygen atoms in total. The van der Waals surface area contributed by atoms with E-state index in [-0.39, 0.29) is 17.9 Å². The van der Waals surface area contributed by atoms with Crippen LogP contribution in [-0.2, 0) is 6.42 Å². The van der Waals surface area contributed by atoms with Crippen molar-refractivity contribution in [1.82, 2.24) is 9.97 Å². The predicted octanol–water partition coefficient (Wildman–Crippen LogP) is 1.74. The summed E-state index contributed by atoms with van der Waals surface area (Å²) in [6, 6.07) is 5.53. The molecule has 0 saturated carbocycles. The third kappa shape index (κ3) is 2.54. The van der Waals surface area contributed by atoms with Crippen molar-refractivity contribution in [2.75, 3.05) is 0 Å². The molecule has 2 rings (SSSR count). The molecule has 0 fully saturated rings. The number of carbonyl (C=O) groups is 1. The molecule has 0 saturated heterocycles. The van der Waals surface area contributed by atoms with Gasteiger partial charge in [0.25, 0.3) is 5.69 Å². The molecule has 6 heteroatoms. The molecule has 2 aromatic rings. The number of nitrogens with one attached hydrogen (secondary N) is 1. The molecule has 86 valence electrons. The number of hydrogen-bond acceptors (Lipinski definition) is 4. The first-order chi connectivity index (χ1) is 8.16. The van der Waals surface area contributed by atoms with Crippen molar-refractivity contribution in [3.05, 3.63) is 58.2 Å². The SMILES string of the molecule is O=C(Cc1ncc[nH]1)c1ccc([N+](=O)[O-])cc1. The van der Waals surface area contributed by atoms with E-state index < -0.39 is 4.92 Å². The van der Waals surface area contributed by atoms with Crippen LogP contribution < -0.4 is 0 Å². The van der Waals surface area contributed by atoms with Gasteiger partial charge in [-0.1, -0.05) is 0 Å². The molecule has 17 heavy (non-hydrogen) atoms. The van der Waals surface area contributed by atoms with Crippen LogP contribution in [0.15, 0.2) is 36.7 Å². The fourth-order valence-corrected chi connectivity index (χ4v) is 1.42. The molecule has 0 bridgehead atoms. The van der Waals surface area contributed by atoms with E-state index >= 15 is 0 Å². The van der Waals surface area contributed by atoms with Crippen LogP contribution in [0.4, 0.5) is 5.69 Å². The van der Waals surface area contributed by atoms with Crippen LogP contribution in [0.3, 0.4) is 0 Å². The molecule has 1 N–H and O–H groups in total. The Hall–Kier alpha value is -2.50. The van der Waals surface area contributed by atoms with Gasteiger partial charge in [0.05, 0.1) is 11.3 Å². The summed E-state index contributed by atoms with van der Waals surface area (Å²) >= 11 is 0. The Labute approximate surface area is 96.5 Å². The second kappa shape index (κ2) is 4.56. The van der Waals surface area contributed by atoms with E-state index in [9.17, 15) is 14.9 Å². The quantitative estimate of drug-likeness (QED) is 0.493. The Bertz CT molecular complexity index is 532. The Kier molecular flexibility index (Phi) is 2.95. The van der Waals surface area contributed by atoms with E-state index in [1.165, 1.54) is 24.3 Å². The zero-order chi connectivity index (χ0) is 12.3. The summed E-state index contributed by atoms with van der Waals surface area (Å²) in [5, 5.41) is 10.4. The molecule has 0 aliphatic carbocycles. The molecular weight excluding hydrogens is 222 g/mol. The summed E-state index contributed by atoms with van der Waals surface area (Å²) < 4.78 is 0. The normalized spacial score (nSPS) is 10.1. The summed E-state index contributed by atoms with van der Waals surface area (Å²) in [7, 11) is 0. The minimum Gasteiger partial charge on any atom is -0.348 e. The van der Waals surface area contributed by atoms with Crippen LogP contribution in [0.5, 0.6) is 0 Å². The summed E-state index contributed by atoms with van der Waals surface area (Å²) in [6.07, 6.45) is 3.36. The minimum atomic E-state index is -0.499. The highest BCUT2D eigenvalue weighted by Crippen LogP contribution is 2.13. The number of aromatic amines is 1. The fourth-order valence-electron chi connectivity index (χ4n) is 1.42. The number of hydrogen-bond donors (Lipinski definition) is 1. The fraction of sp³-hybridized carbons (Fsp3) is 0.0909. The Morgan fingerprint density at radius 2 is 2.06 bits per heavy atom. The number of carbonyl (C=O) groups excluding carboxylic acids is 1. The van der Waals surface area contributed by atoms with Gasteiger partial charge in [-0.25, -0.2) is 4.98 Å². The van der Waals surface area contributed by atoms with Crippen molar-refractivity contribution in [3.63, 3.8) is 0 Å². The third-order valence-electron chi connectivity index (χ3n) is 2.28. The largest absolute Gasteiger partial charge is 0.348 e. The number of aromatic nitrogens is 2. The number of non-ortho nitro benzene ring substituents is 1. The molecule has 0 unspecified atom stereocenters. The van der Waals surface area contributed by atoms with E-state index in [2.05, 4.69) is 9.97 Å². The molecule has 1 heterocycles. The highest BCUT2D eigenvalue weighted by molar-refractivity contribution is 5.97. The lowest BCUT2D eigenvalue weighted by Crippen LogP contribution is -2.04. The van der Waals surface area contributed by atoms with E-state index in [1.54, 1.807) is 12.4 Å². The van der Waals surface area contributed by atoms with Crippen LogP contribution in [0.25, 0.3) is 0 Å². The monoisotopic (exact) mass is 231 g/mol. The number of imidazole rings is 1. The van der Waals surface area contributed by atoms with Gasteiger partial charge in [-0.05, 0) is 12.1 Å². The molecule has 0 atom stereocenters. The Balaban J connectivity index is 2.12. The smallest absolute Gasteiger partial charge is 0.269 e. The summed E-state index contributed by atoms with van der Waals surface area (Å²) in [5.74, 6) is 0.447. The maximum atomic E-state index is 11.8. The maximum Gasteiger partial charge on any atom is 0.269 e. The van der Waals surface area contributed by atoms with Crippen LogP contribution in [-0.4, -0.2) is 20.7 Å². The van der Waals surface area contributed by atoms with E-state index in [0.29, 0.717) is 11.4 Å². The Morgan fingerprint density at radius 1 is 1.35 bits per heavy atom. The van der Waals surface area contributed by atoms with Gasteiger partial charge in [0.15, 0.2) is 5.78 Å². The van der Waals surface area contributed by atoms with E-state index in [1.807, 2.05) is 0 Å². The van der Waals surface area contributed by atoms with Crippen molar-refractivity contribution < 1.29 is 9.72 Å². The number of nitro benzene ring substituents is 1. The lowest BCUT2D eigenvalue weighted by atomic mass is 10.1. The van der Waals surface area contributed by atoms with Crippen molar-refractivity contribution in [2.45, 2.75) is 6.42 Å². The predicted molar refractivity (Wildman–Crippen MR) is 59.7 cm³/mol. The maximum absolute atomic E-state index is 11.8. The summed E-state index contributed by atoms with van der Waals surface area (Å²) in [6.45, 7) is 0. The van der Waals surface area contributed by atoms with Crippen LogP contribution in [0, 0.1) is 10.1 Å². The average molecular weight is 231 g/mol. The number of H-pyrrole nitrogens is 1. The topological polar surface area (TPSA) is 88.9 Å². The van der Waals surface area contributed by atoms with Crippen LogP contribution in [0.2, 0.25) is 0 Å². The first kappa shape index (κ1) is 11.0. The zero-order valence-electron chi connectivity index (χ0n) is 8.79. The standard InChI is InChI=1S/C11H9N3O3/c15-10(7-11-12-5-6-13-11)8-1-3-9(4-2-8)14(16)17/h1-6H,7H2,(H,12,13). The second-order valence-corrected chi connectivity index (χ2v) is 3.44. The van der Waals surface area contributed by atoms with Crippen molar-refractivity contribution in [2.24, 2.45) is 0 Å². The van der Waals surface area contributed by atoms with Crippen molar-refractivity contribution >= 4 is 11.5 Å². The summed E-state index contributed by atoms with van der Waals surface area (Å²) in [4.78, 5) is 28.5. The Morgan fingerprint density at radius 3 is 2.59 bits per heavy atom. The van der Waals surface area contributed by atoms with Gasteiger partial charge in [-0.15, -0.1) is 0 Å². The molecule has 0 spiro atoms. The number of benzene rings is 1. The molecule has 0 amide bonds. The van der Waals surface area contributed by atoms with Gasteiger partial charge >= 0.3 is 0 Å². The number of nitrogens with zero attached hydrogens (tertiary/aromatic N) is 2. The highest BCUT2D eigenvalue weighted by Gasteiger charge is 2.10. The van der Waals surface area contributed by atoms with Gasteiger partial charge in [-0.2, -0.15) is 0 Å². The molecular formula is C11H9N3O3. The van der Waals surface area contributed by atoms with E-state index in [4.69, 9.17) is 0 Å². The highest BCUT2D eigenvalue weighted by atomic mass is 16.6. The number of Topliss-reactive ketones (excluding diaryl/α,β-unsaturated/α-hetero) is 1. The number of nitro groups is 1. The lowest BCUT2D eigenvalue weighted by Gasteiger charge is -1.98. The second-order valence-electron chi connectivity index (χ2n) is 3.44. The molecule has 1 aromatic carbocycles. The summed E-state index contributed by atoms with van der Waals surface area (Å²) in [5.41, 5.74) is 0.409. The van der Waals surface area contributed by atoms with Crippen molar-refractivity contribution in [1.29, 1.82) is 0 Å². The first-order valence-corrected chi connectivity index (χ1v) is 4.93. The van der Waals surface area contributed by atoms with Crippen LogP contribution in [0.1, 0.15) is 16.2 Å². The number of ketones is 1. The van der Waals surface area contributed by atoms with E-state index in [0.717, 1.165) is 0 Å². The third-order valence-corrected chi connectivity index (χ3v) is 2.28. The molecule has 1 aromatic heterocycles. The average Bonchev–Trinajstić information content (AvgIpc) is 2.82. The van der Waals surface area contributed by atoms with Gasteiger partial charge in [0.2, 0.25) is 0 Å². The molecule has 0 radical (unpaired) electrons. The molecule has 0 aliphatic heterocycles. The minimum absolute atomic E-state index is 0.0282. The van der Waals surface area contributed by atoms with Gasteiger partial charge in [-0.3, -0.25) is 14.9 Å². The van der Waals surface area contributed by atoms with Gasteiger partial charge in [0.1, 0.15) is 5.82 Å². The zero-order valence-corrected chi connectivity index (χ0v) is 8.79. The van der Waals surface area contributed by atoms with Crippen molar-refractivity contribution in [3.8, 4) is 0 Å². The lowest BCUT2D eigenvalue weighted by molar-refractivity contribution is -0.384. The van der Waals surface area contributed by atoms with Gasteiger partial charge in [0, 0.05) is 30.1 Å². The first-order valence-electron chi connectivity index (χ1n) is 4.93.